The average Bonchev–Trinajstić information content (AvgIpc) is 2.74. The fourth-order valence-corrected chi connectivity index (χ4v) is 4.21. The first kappa shape index (κ1) is 22.9. The van der Waals surface area contributed by atoms with Crippen LogP contribution in [-0.2, 0) is 16.0 Å². The summed E-state index contributed by atoms with van der Waals surface area (Å²) in [7, 11) is 0. The molecule has 2 amide bonds. The predicted octanol–water partition coefficient (Wildman–Crippen LogP) is 6.34. The van der Waals surface area contributed by atoms with E-state index in [1.807, 2.05) is 74.5 Å². The van der Waals surface area contributed by atoms with Crippen molar-refractivity contribution in [2.24, 2.45) is 0 Å². The zero-order chi connectivity index (χ0) is 22.2. The molecule has 0 heterocycles. The number of rotatable bonds is 8. The van der Waals surface area contributed by atoms with Gasteiger partial charge in [0.2, 0.25) is 11.8 Å². The first-order valence-electron chi connectivity index (χ1n) is 10.1. The third-order valence-corrected chi connectivity index (χ3v) is 6.23. The van der Waals surface area contributed by atoms with E-state index in [-0.39, 0.29) is 23.5 Å². The van der Waals surface area contributed by atoms with Crippen molar-refractivity contribution in [1.82, 2.24) is 0 Å². The lowest BCUT2D eigenvalue weighted by molar-refractivity contribution is -0.116. The second-order valence-corrected chi connectivity index (χ2v) is 8.97. The van der Waals surface area contributed by atoms with E-state index >= 15 is 0 Å². The Hall–Kier alpha value is -2.76. The third-order valence-electron chi connectivity index (χ3n) is 4.62. The quantitative estimate of drug-likeness (QED) is 0.392. The number of anilines is 2. The Morgan fingerprint density at radius 3 is 2.29 bits per heavy atom. The molecule has 0 aromatic heterocycles. The molecule has 0 aliphatic carbocycles. The summed E-state index contributed by atoms with van der Waals surface area (Å²) < 4.78 is 0. The van der Waals surface area contributed by atoms with E-state index in [0.717, 1.165) is 21.7 Å². The molecule has 31 heavy (non-hydrogen) atoms. The highest BCUT2D eigenvalue weighted by molar-refractivity contribution is 8.00. The molecular weight excluding hydrogens is 428 g/mol. The minimum absolute atomic E-state index is 0.0322. The Morgan fingerprint density at radius 2 is 1.61 bits per heavy atom. The topological polar surface area (TPSA) is 58.2 Å². The molecule has 160 valence electrons. The molecule has 0 aliphatic heterocycles. The Kier molecular flexibility index (Phi) is 8.15. The van der Waals surface area contributed by atoms with E-state index in [4.69, 9.17) is 11.6 Å². The van der Waals surface area contributed by atoms with Crippen LogP contribution >= 0.6 is 23.4 Å². The van der Waals surface area contributed by atoms with Crippen LogP contribution in [0.1, 0.15) is 24.5 Å². The van der Waals surface area contributed by atoms with Crippen molar-refractivity contribution >= 4 is 46.6 Å². The number of nitrogens with one attached hydrogen (secondary N) is 2. The van der Waals surface area contributed by atoms with Crippen molar-refractivity contribution in [2.75, 3.05) is 10.6 Å². The monoisotopic (exact) mass is 452 g/mol. The Labute approximate surface area is 192 Å². The van der Waals surface area contributed by atoms with Gasteiger partial charge in [-0.1, -0.05) is 48.9 Å². The molecule has 3 aromatic carbocycles. The smallest absolute Gasteiger partial charge is 0.237 e. The van der Waals surface area contributed by atoms with Crippen molar-refractivity contribution in [3.63, 3.8) is 0 Å². The van der Waals surface area contributed by atoms with Gasteiger partial charge in [0.1, 0.15) is 0 Å². The van der Waals surface area contributed by atoms with Crippen molar-refractivity contribution in [2.45, 2.75) is 36.8 Å². The molecule has 0 saturated heterocycles. The largest absolute Gasteiger partial charge is 0.326 e. The minimum Gasteiger partial charge on any atom is -0.326 e. The lowest BCUT2D eigenvalue weighted by Gasteiger charge is -2.16. The van der Waals surface area contributed by atoms with Crippen LogP contribution in [-0.4, -0.2) is 17.1 Å². The molecule has 3 aromatic rings. The zero-order valence-electron chi connectivity index (χ0n) is 17.5. The Bertz CT molecular complexity index is 1050. The molecular formula is C25H25ClN2O2S. The van der Waals surface area contributed by atoms with Gasteiger partial charge >= 0.3 is 0 Å². The van der Waals surface area contributed by atoms with Crippen LogP contribution in [0.3, 0.4) is 0 Å². The van der Waals surface area contributed by atoms with Gasteiger partial charge in [-0.15, -0.1) is 11.8 Å². The fourth-order valence-electron chi connectivity index (χ4n) is 3.07. The zero-order valence-corrected chi connectivity index (χ0v) is 19.1. The van der Waals surface area contributed by atoms with Crippen LogP contribution in [0.4, 0.5) is 11.4 Å². The van der Waals surface area contributed by atoms with Crippen molar-refractivity contribution in [3.05, 3.63) is 88.9 Å². The number of carbonyl (C=O) groups excluding carboxylic acids is 2. The van der Waals surface area contributed by atoms with Gasteiger partial charge < -0.3 is 10.6 Å². The number of thioether (sulfide) groups is 1. The molecule has 1 atom stereocenters. The van der Waals surface area contributed by atoms with Gasteiger partial charge in [-0.3, -0.25) is 9.59 Å². The Balaban J connectivity index is 1.60. The van der Waals surface area contributed by atoms with Gasteiger partial charge in [-0.2, -0.15) is 0 Å². The molecule has 0 radical (unpaired) electrons. The normalized spacial score (nSPS) is 11.6. The minimum atomic E-state index is -0.236. The summed E-state index contributed by atoms with van der Waals surface area (Å²) in [6.45, 7) is 3.99. The average molecular weight is 453 g/mol. The SMILES string of the molecule is CCC(Sc1cccc(NC(=O)Cc2ccc(Cl)cc2)c1)C(=O)Nc1cccc(C)c1. The van der Waals surface area contributed by atoms with Crippen molar-refractivity contribution in [3.8, 4) is 0 Å². The second kappa shape index (κ2) is 11.0. The van der Waals surface area contributed by atoms with Crippen molar-refractivity contribution in [1.29, 1.82) is 0 Å². The van der Waals surface area contributed by atoms with Crippen LogP contribution in [0.15, 0.2) is 77.7 Å². The van der Waals surface area contributed by atoms with Crippen LogP contribution in [0.25, 0.3) is 0 Å². The maximum absolute atomic E-state index is 12.7. The van der Waals surface area contributed by atoms with E-state index < -0.39 is 0 Å². The number of aryl methyl sites for hydroxylation is 1. The summed E-state index contributed by atoms with van der Waals surface area (Å²) in [5, 5.41) is 6.33. The summed E-state index contributed by atoms with van der Waals surface area (Å²) in [5.74, 6) is -0.135. The molecule has 0 fully saturated rings. The maximum atomic E-state index is 12.7. The lowest BCUT2D eigenvalue weighted by Crippen LogP contribution is -2.24. The van der Waals surface area contributed by atoms with Crippen LogP contribution in [0.5, 0.6) is 0 Å². The van der Waals surface area contributed by atoms with E-state index in [0.29, 0.717) is 17.1 Å². The van der Waals surface area contributed by atoms with Gasteiger partial charge in [-0.05, 0) is 66.9 Å². The molecule has 0 saturated carbocycles. The van der Waals surface area contributed by atoms with Crippen LogP contribution in [0.2, 0.25) is 5.02 Å². The second-order valence-electron chi connectivity index (χ2n) is 7.25. The standard InChI is InChI=1S/C25H25ClN2O2S/c1-3-23(25(30)28-20-7-4-6-17(2)14-20)31-22-9-5-8-21(16-22)27-24(29)15-18-10-12-19(26)13-11-18/h4-14,16,23H,3,15H2,1-2H3,(H,27,29)(H,28,30). The maximum Gasteiger partial charge on any atom is 0.237 e. The summed E-state index contributed by atoms with van der Waals surface area (Å²) in [5.41, 5.74) is 3.50. The third kappa shape index (κ3) is 7.16. The number of halogens is 1. The van der Waals surface area contributed by atoms with Crippen molar-refractivity contribution < 1.29 is 9.59 Å². The molecule has 0 spiro atoms. The van der Waals surface area contributed by atoms with Gasteiger partial charge in [0.05, 0.1) is 11.7 Å². The number of amides is 2. The number of hydrogen-bond donors (Lipinski definition) is 2. The summed E-state index contributed by atoms with van der Waals surface area (Å²) in [6, 6.07) is 22.6. The molecule has 4 nitrogen and oxygen atoms in total. The predicted molar refractivity (Wildman–Crippen MR) is 130 cm³/mol. The summed E-state index contributed by atoms with van der Waals surface area (Å²) >= 11 is 7.38. The molecule has 1 unspecified atom stereocenters. The van der Waals surface area contributed by atoms with Crippen LogP contribution in [0, 0.1) is 6.92 Å². The van der Waals surface area contributed by atoms with E-state index in [9.17, 15) is 9.59 Å². The Morgan fingerprint density at radius 1 is 0.935 bits per heavy atom. The van der Waals surface area contributed by atoms with Gasteiger partial charge in [0.25, 0.3) is 0 Å². The molecule has 2 N–H and O–H groups in total. The summed E-state index contributed by atoms with van der Waals surface area (Å²) in [6.07, 6.45) is 0.959. The first-order valence-corrected chi connectivity index (χ1v) is 11.4. The van der Waals surface area contributed by atoms with Crippen LogP contribution < -0.4 is 10.6 Å². The highest BCUT2D eigenvalue weighted by Crippen LogP contribution is 2.28. The molecule has 0 aliphatic rings. The number of carbonyl (C=O) groups is 2. The van der Waals surface area contributed by atoms with Gasteiger partial charge in [0, 0.05) is 21.3 Å². The van der Waals surface area contributed by atoms with E-state index in [2.05, 4.69) is 10.6 Å². The number of benzene rings is 3. The van der Waals surface area contributed by atoms with Gasteiger partial charge in [-0.25, -0.2) is 0 Å². The van der Waals surface area contributed by atoms with E-state index in [1.165, 1.54) is 11.8 Å². The summed E-state index contributed by atoms with van der Waals surface area (Å²) in [4.78, 5) is 26.0. The lowest BCUT2D eigenvalue weighted by atomic mass is 10.1. The molecule has 3 rings (SSSR count). The number of hydrogen-bond acceptors (Lipinski definition) is 3. The first-order chi connectivity index (χ1) is 14.9. The van der Waals surface area contributed by atoms with Gasteiger partial charge in [0.15, 0.2) is 0 Å². The molecule has 0 bridgehead atoms. The molecule has 6 heteroatoms. The van der Waals surface area contributed by atoms with E-state index in [1.54, 1.807) is 12.1 Å². The highest BCUT2D eigenvalue weighted by atomic mass is 35.5. The highest BCUT2D eigenvalue weighted by Gasteiger charge is 2.18. The fraction of sp³-hybridized carbons (Fsp3) is 0.200.